The first kappa shape index (κ1) is 18.7. The van der Waals surface area contributed by atoms with Crippen molar-refractivity contribution in [1.82, 2.24) is 0 Å². The van der Waals surface area contributed by atoms with E-state index in [1.807, 2.05) is 13.8 Å². The molecule has 1 aromatic carbocycles. The van der Waals surface area contributed by atoms with E-state index in [0.717, 1.165) is 6.42 Å². The molecule has 1 unspecified atom stereocenters. The molecule has 1 rings (SSSR count). The van der Waals surface area contributed by atoms with Gasteiger partial charge in [0.2, 0.25) is 0 Å². The normalized spacial score (nSPS) is 11.5. The molecular formula is C17H22O6. The van der Waals surface area contributed by atoms with Gasteiger partial charge in [-0.3, -0.25) is 14.4 Å². The lowest BCUT2D eigenvalue weighted by molar-refractivity contribution is -0.134. The summed E-state index contributed by atoms with van der Waals surface area (Å²) >= 11 is 0. The minimum absolute atomic E-state index is 0.0182. The Hall–Kier alpha value is -2.37. The van der Waals surface area contributed by atoms with Gasteiger partial charge < -0.3 is 14.2 Å². The number of esters is 3. The number of rotatable bonds is 6. The first-order valence-corrected chi connectivity index (χ1v) is 7.53. The van der Waals surface area contributed by atoms with Crippen molar-refractivity contribution in [1.29, 1.82) is 0 Å². The van der Waals surface area contributed by atoms with Crippen LogP contribution in [0.5, 0.6) is 17.2 Å². The molecule has 0 aliphatic heterocycles. The summed E-state index contributed by atoms with van der Waals surface area (Å²) in [7, 11) is 0. The zero-order valence-corrected chi connectivity index (χ0v) is 14.1. The number of benzene rings is 1. The van der Waals surface area contributed by atoms with Crippen LogP contribution in [0.25, 0.3) is 0 Å². The molecule has 0 aliphatic carbocycles. The second-order valence-corrected chi connectivity index (χ2v) is 5.16. The summed E-state index contributed by atoms with van der Waals surface area (Å²) in [5, 5.41) is 0. The van der Waals surface area contributed by atoms with E-state index >= 15 is 0 Å². The van der Waals surface area contributed by atoms with Crippen molar-refractivity contribution in [2.24, 2.45) is 0 Å². The molecular weight excluding hydrogens is 300 g/mol. The minimum Gasteiger partial charge on any atom is -0.426 e. The quantitative estimate of drug-likeness (QED) is 0.590. The van der Waals surface area contributed by atoms with Crippen molar-refractivity contribution < 1.29 is 28.6 Å². The van der Waals surface area contributed by atoms with Gasteiger partial charge in [0.05, 0.1) is 0 Å². The molecule has 0 saturated carbocycles. The lowest BCUT2D eigenvalue weighted by atomic mass is 9.96. The number of carbonyl (C=O) groups is 3. The zero-order chi connectivity index (χ0) is 17.6. The highest BCUT2D eigenvalue weighted by atomic mass is 16.6. The Balaban J connectivity index is 3.47. The van der Waals surface area contributed by atoms with Crippen LogP contribution in [0.3, 0.4) is 0 Å². The number of ether oxygens (including phenoxy) is 3. The van der Waals surface area contributed by atoms with Crippen LogP contribution in [0.15, 0.2) is 12.1 Å². The molecule has 0 saturated heterocycles. The largest absolute Gasteiger partial charge is 0.426 e. The fourth-order valence-corrected chi connectivity index (χ4v) is 2.01. The van der Waals surface area contributed by atoms with Gasteiger partial charge in [-0.1, -0.05) is 20.8 Å². The standard InChI is InChI=1S/C17H22O6/c1-6-10(3)17-14(22-12(5)19)8-13(21-11(4)18)9-15(17)23-16(20)7-2/h8-10H,6-7H2,1-5H3. The number of carbonyl (C=O) groups excluding carboxylic acids is 3. The van der Waals surface area contributed by atoms with Crippen LogP contribution >= 0.6 is 0 Å². The van der Waals surface area contributed by atoms with Crippen molar-refractivity contribution in [3.63, 3.8) is 0 Å². The second kappa shape index (κ2) is 8.31. The predicted molar refractivity (Wildman–Crippen MR) is 83.7 cm³/mol. The van der Waals surface area contributed by atoms with Gasteiger partial charge in [0, 0.05) is 38.0 Å². The fourth-order valence-electron chi connectivity index (χ4n) is 2.01. The summed E-state index contributed by atoms with van der Waals surface area (Å²) in [5.74, 6) is -0.866. The average molecular weight is 322 g/mol. The molecule has 0 amide bonds. The lowest BCUT2D eigenvalue weighted by Gasteiger charge is -2.19. The third-order valence-corrected chi connectivity index (χ3v) is 3.21. The molecule has 0 fully saturated rings. The summed E-state index contributed by atoms with van der Waals surface area (Å²) in [5.41, 5.74) is 0.598. The highest BCUT2D eigenvalue weighted by Crippen LogP contribution is 2.40. The van der Waals surface area contributed by atoms with Gasteiger partial charge >= 0.3 is 17.9 Å². The van der Waals surface area contributed by atoms with Crippen molar-refractivity contribution >= 4 is 17.9 Å². The van der Waals surface area contributed by atoms with Gasteiger partial charge in [-0.15, -0.1) is 0 Å². The fraction of sp³-hybridized carbons (Fsp3) is 0.471. The summed E-state index contributed by atoms with van der Waals surface area (Å²) in [6, 6.07) is 2.91. The Bertz CT molecular complexity index is 605. The molecule has 126 valence electrons. The van der Waals surface area contributed by atoms with Crippen LogP contribution in [0.1, 0.15) is 58.9 Å². The maximum absolute atomic E-state index is 11.7. The Morgan fingerprint density at radius 1 is 0.957 bits per heavy atom. The molecule has 6 nitrogen and oxygen atoms in total. The van der Waals surface area contributed by atoms with E-state index in [2.05, 4.69) is 0 Å². The summed E-state index contributed by atoms with van der Waals surface area (Å²) in [4.78, 5) is 34.2. The smallest absolute Gasteiger partial charge is 0.310 e. The molecule has 1 atom stereocenters. The van der Waals surface area contributed by atoms with Crippen molar-refractivity contribution in [2.45, 2.75) is 53.4 Å². The van der Waals surface area contributed by atoms with Gasteiger partial charge in [-0.05, 0) is 12.3 Å². The first-order chi connectivity index (χ1) is 10.8. The SMILES string of the molecule is CCC(=O)Oc1cc(OC(C)=O)cc(OC(C)=O)c1C(C)CC. The van der Waals surface area contributed by atoms with Crippen LogP contribution in [-0.4, -0.2) is 17.9 Å². The van der Waals surface area contributed by atoms with Gasteiger partial charge in [-0.2, -0.15) is 0 Å². The van der Waals surface area contributed by atoms with E-state index in [1.54, 1.807) is 6.92 Å². The Morgan fingerprint density at radius 3 is 1.91 bits per heavy atom. The van der Waals surface area contributed by atoms with E-state index in [-0.39, 0.29) is 29.6 Å². The molecule has 0 aliphatic rings. The molecule has 0 heterocycles. The van der Waals surface area contributed by atoms with E-state index in [9.17, 15) is 14.4 Å². The van der Waals surface area contributed by atoms with E-state index in [1.165, 1.54) is 26.0 Å². The molecule has 0 bridgehead atoms. The number of hydrogen-bond donors (Lipinski definition) is 0. The monoisotopic (exact) mass is 322 g/mol. The Labute approximate surface area is 135 Å². The van der Waals surface area contributed by atoms with Crippen LogP contribution in [0, 0.1) is 0 Å². The molecule has 0 aromatic heterocycles. The van der Waals surface area contributed by atoms with Crippen LogP contribution in [-0.2, 0) is 14.4 Å². The predicted octanol–water partition coefficient (Wildman–Crippen LogP) is 3.37. The maximum atomic E-state index is 11.7. The maximum Gasteiger partial charge on any atom is 0.310 e. The average Bonchev–Trinajstić information content (AvgIpc) is 2.44. The van der Waals surface area contributed by atoms with Crippen LogP contribution < -0.4 is 14.2 Å². The van der Waals surface area contributed by atoms with Gasteiger partial charge in [0.15, 0.2) is 0 Å². The molecule has 1 aromatic rings. The Kier molecular flexibility index (Phi) is 6.75. The summed E-state index contributed by atoms with van der Waals surface area (Å²) < 4.78 is 15.6. The van der Waals surface area contributed by atoms with E-state index in [4.69, 9.17) is 14.2 Å². The zero-order valence-electron chi connectivity index (χ0n) is 14.1. The summed E-state index contributed by atoms with van der Waals surface area (Å²) in [6.45, 7) is 8.10. The third kappa shape index (κ3) is 5.39. The summed E-state index contributed by atoms with van der Waals surface area (Å²) in [6.07, 6.45) is 0.943. The van der Waals surface area contributed by atoms with Gasteiger partial charge in [0.25, 0.3) is 0 Å². The topological polar surface area (TPSA) is 78.9 Å². The van der Waals surface area contributed by atoms with Gasteiger partial charge in [-0.25, -0.2) is 0 Å². The minimum atomic E-state index is -0.525. The van der Waals surface area contributed by atoms with Crippen molar-refractivity contribution in [3.05, 3.63) is 17.7 Å². The van der Waals surface area contributed by atoms with Crippen molar-refractivity contribution in [3.8, 4) is 17.2 Å². The van der Waals surface area contributed by atoms with Crippen LogP contribution in [0.2, 0.25) is 0 Å². The van der Waals surface area contributed by atoms with Crippen molar-refractivity contribution in [2.75, 3.05) is 0 Å². The molecule has 0 radical (unpaired) electrons. The molecule has 6 heteroatoms. The molecule has 0 spiro atoms. The molecule has 0 N–H and O–H groups in total. The Morgan fingerprint density at radius 2 is 1.48 bits per heavy atom. The van der Waals surface area contributed by atoms with E-state index < -0.39 is 17.9 Å². The van der Waals surface area contributed by atoms with E-state index in [0.29, 0.717) is 5.56 Å². The van der Waals surface area contributed by atoms with Gasteiger partial charge in [0.1, 0.15) is 17.2 Å². The first-order valence-electron chi connectivity index (χ1n) is 7.53. The molecule has 23 heavy (non-hydrogen) atoms. The van der Waals surface area contributed by atoms with Crippen LogP contribution in [0.4, 0.5) is 0 Å². The third-order valence-electron chi connectivity index (χ3n) is 3.21. The highest BCUT2D eigenvalue weighted by Gasteiger charge is 2.22. The second-order valence-electron chi connectivity index (χ2n) is 5.16. The lowest BCUT2D eigenvalue weighted by Crippen LogP contribution is -2.12. The number of hydrogen-bond acceptors (Lipinski definition) is 6. The highest BCUT2D eigenvalue weighted by molar-refractivity contribution is 5.76.